The fraction of sp³-hybridized carbons (Fsp3) is 0.0500. The van der Waals surface area contributed by atoms with Crippen LogP contribution in [0.1, 0.15) is 5.56 Å². The highest BCUT2D eigenvalue weighted by Gasteiger charge is 2.13. The van der Waals surface area contributed by atoms with Gasteiger partial charge in [0.15, 0.2) is 0 Å². The summed E-state index contributed by atoms with van der Waals surface area (Å²) in [5.41, 5.74) is 2.47. The maximum Gasteiger partial charge on any atom is 0.142 e. The molecule has 0 spiro atoms. The lowest BCUT2D eigenvalue weighted by Gasteiger charge is -2.11. The molecule has 0 bridgehead atoms. The molecule has 3 nitrogen and oxygen atoms in total. The van der Waals surface area contributed by atoms with Gasteiger partial charge in [-0.15, -0.1) is 0 Å². The zero-order valence-corrected chi connectivity index (χ0v) is 13.5. The van der Waals surface area contributed by atoms with E-state index < -0.39 is 17.5 Å². The van der Waals surface area contributed by atoms with E-state index >= 15 is 0 Å². The van der Waals surface area contributed by atoms with Gasteiger partial charge in [0, 0.05) is 12.1 Å². The van der Waals surface area contributed by atoms with Crippen molar-refractivity contribution in [2.75, 3.05) is 0 Å². The maximum absolute atomic E-state index is 13.7. The maximum atomic E-state index is 13.7. The van der Waals surface area contributed by atoms with Crippen LogP contribution in [0.5, 0.6) is 5.75 Å². The zero-order valence-electron chi connectivity index (χ0n) is 13.5. The predicted molar refractivity (Wildman–Crippen MR) is 92.2 cm³/mol. The molecule has 1 aromatic heterocycles. The van der Waals surface area contributed by atoms with Crippen LogP contribution in [-0.4, -0.2) is 9.97 Å². The van der Waals surface area contributed by atoms with Crippen LogP contribution in [0.2, 0.25) is 0 Å². The molecule has 0 unspecified atom stereocenters. The number of para-hydroxylation sites is 2. The Morgan fingerprint density at radius 1 is 0.846 bits per heavy atom. The van der Waals surface area contributed by atoms with Crippen LogP contribution in [0.25, 0.3) is 22.4 Å². The Morgan fingerprint density at radius 2 is 1.62 bits per heavy atom. The first kappa shape index (κ1) is 16.2. The number of fused-ring (bicyclic) bond motifs is 1. The summed E-state index contributed by atoms with van der Waals surface area (Å²) in [4.78, 5) is 7.63. The van der Waals surface area contributed by atoms with Crippen molar-refractivity contribution in [3.8, 4) is 17.1 Å². The molecular weight excluding hydrogens is 341 g/mol. The third kappa shape index (κ3) is 3.26. The Kier molecular flexibility index (Phi) is 4.08. The van der Waals surface area contributed by atoms with Crippen molar-refractivity contribution < 1.29 is 17.9 Å². The number of benzene rings is 3. The van der Waals surface area contributed by atoms with Crippen LogP contribution >= 0.6 is 0 Å². The molecule has 1 N–H and O–H groups in total. The van der Waals surface area contributed by atoms with Gasteiger partial charge in [-0.3, -0.25) is 0 Å². The molecule has 1 heterocycles. The summed E-state index contributed by atoms with van der Waals surface area (Å²) in [6.07, 6.45) is 0. The van der Waals surface area contributed by atoms with E-state index in [9.17, 15) is 13.2 Å². The SMILES string of the molecule is Fc1cc(F)cc(COc2cc(F)ccc2-c2nc3ccccc3[nH]2)c1. The lowest BCUT2D eigenvalue weighted by atomic mass is 10.2. The van der Waals surface area contributed by atoms with Gasteiger partial charge in [-0.2, -0.15) is 0 Å². The summed E-state index contributed by atoms with van der Waals surface area (Å²) in [5.74, 6) is -1.12. The van der Waals surface area contributed by atoms with E-state index in [-0.39, 0.29) is 12.4 Å². The number of halogens is 3. The number of H-pyrrole nitrogens is 1. The second-order valence-electron chi connectivity index (χ2n) is 5.81. The molecule has 0 radical (unpaired) electrons. The van der Waals surface area contributed by atoms with Crippen LogP contribution in [0.3, 0.4) is 0 Å². The first-order valence-corrected chi connectivity index (χ1v) is 7.91. The van der Waals surface area contributed by atoms with Crippen LogP contribution in [0.15, 0.2) is 60.7 Å². The number of imidazole rings is 1. The molecule has 0 aliphatic carbocycles. The zero-order chi connectivity index (χ0) is 18.1. The molecule has 6 heteroatoms. The molecule has 0 saturated heterocycles. The molecule has 130 valence electrons. The number of hydrogen-bond acceptors (Lipinski definition) is 2. The molecule has 3 aromatic carbocycles. The first-order chi connectivity index (χ1) is 12.6. The van der Waals surface area contributed by atoms with Gasteiger partial charge in [0.25, 0.3) is 0 Å². The van der Waals surface area contributed by atoms with E-state index in [1.807, 2.05) is 24.3 Å². The summed E-state index contributed by atoms with van der Waals surface area (Å²) in [7, 11) is 0. The van der Waals surface area contributed by atoms with E-state index in [4.69, 9.17) is 4.74 Å². The average Bonchev–Trinajstić information content (AvgIpc) is 3.03. The molecule has 4 aromatic rings. The van der Waals surface area contributed by atoms with Gasteiger partial charge < -0.3 is 9.72 Å². The molecule has 0 saturated carbocycles. The van der Waals surface area contributed by atoms with E-state index in [1.165, 1.54) is 24.3 Å². The minimum atomic E-state index is -0.694. The van der Waals surface area contributed by atoms with Crippen LogP contribution in [0.4, 0.5) is 13.2 Å². The number of hydrogen-bond donors (Lipinski definition) is 1. The fourth-order valence-corrected chi connectivity index (χ4v) is 2.75. The van der Waals surface area contributed by atoms with Crippen molar-refractivity contribution in [1.29, 1.82) is 0 Å². The minimum absolute atomic E-state index is 0.106. The van der Waals surface area contributed by atoms with Crippen molar-refractivity contribution in [1.82, 2.24) is 9.97 Å². The van der Waals surface area contributed by atoms with Gasteiger partial charge >= 0.3 is 0 Å². The third-order valence-electron chi connectivity index (χ3n) is 3.90. The average molecular weight is 354 g/mol. The number of nitrogens with zero attached hydrogens (tertiary/aromatic N) is 1. The molecule has 0 atom stereocenters. The molecule has 0 aliphatic heterocycles. The van der Waals surface area contributed by atoms with Gasteiger partial charge in [-0.1, -0.05) is 12.1 Å². The Morgan fingerprint density at radius 3 is 2.38 bits per heavy atom. The van der Waals surface area contributed by atoms with E-state index in [1.54, 1.807) is 6.07 Å². The van der Waals surface area contributed by atoms with Crippen LogP contribution in [-0.2, 0) is 6.61 Å². The van der Waals surface area contributed by atoms with Crippen LogP contribution < -0.4 is 4.74 Å². The third-order valence-corrected chi connectivity index (χ3v) is 3.90. The molecule has 0 amide bonds. The lowest BCUT2D eigenvalue weighted by Crippen LogP contribution is -1.99. The van der Waals surface area contributed by atoms with Gasteiger partial charge in [-0.25, -0.2) is 18.2 Å². The smallest absolute Gasteiger partial charge is 0.142 e. The molecule has 4 rings (SSSR count). The summed E-state index contributed by atoms with van der Waals surface area (Å²) in [6, 6.07) is 14.7. The van der Waals surface area contributed by atoms with Gasteiger partial charge in [0.2, 0.25) is 0 Å². The minimum Gasteiger partial charge on any atom is -0.488 e. The highest BCUT2D eigenvalue weighted by Crippen LogP contribution is 2.31. The predicted octanol–water partition coefficient (Wildman–Crippen LogP) is 5.23. The van der Waals surface area contributed by atoms with E-state index in [0.29, 0.717) is 17.0 Å². The Labute approximate surface area is 147 Å². The number of nitrogens with one attached hydrogen (secondary N) is 1. The highest BCUT2D eigenvalue weighted by molar-refractivity contribution is 5.80. The topological polar surface area (TPSA) is 37.9 Å². The quantitative estimate of drug-likeness (QED) is 0.545. The highest BCUT2D eigenvalue weighted by atomic mass is 19.1. The molecule has 0 aliphatic rings. The van der Waals surface area contributed by atoms with E-state index in [0.717, 1.165) is 17.1 Å². The van der Waals surface area contributed by atoms with Gasteiger partial charge in [-0.05, 0) is 42.0 Å². The van der Waals surface area contributed by atoms with Crippen molar-refractivity contribution in [3.63, 3.8) is 0 Å². The summed E-state index contributed by atoms with van der Waals surface area (Å²) < 4.78 is 45.9. The van der Waals surface area contributed by atoms with Gasteiger partial charge in [0.05, 0.1) is 16.6 Å². The Hall–Kier alpha value is -3.28. The lowest BCUT2D eigenvalue weighted by molar-refractivity contribution is 0.304. The van der Waals surface area contributed by atoms with Crippen LogP contribution in [0, 0.1) is 17.5 Å². The standard InChI is InChI=1S/C20H13F3N2O/c21-13-5-6-16(20-24-17-3-1-2-4-18(17)25-20)19(10-13)26-11-12-7-14(22)9-15(23)8-12/h1-10H,11H2,(H,24,25). The number of aromatic amines is 1. The molecular formula is C20H13F3N2O. The number of aromatic nitrogens is 2. The molecule has 26 heavy (non-hydrogen) atoms. The second-order valence-corrected chi connectivity index (χ2v) is 5.81. The monoisotopic (exact) mass is 354 g/mol. The number of rotatable bonds is 4. The molecule has 0 fully saturated rings. The first-order valence-electron chi connectivity index (χ1n) is 7.91. The normalized spacial score (nSPS) is 11.0. The van der Waals surface area contributed by atoms with Gasteiger partial charge in [0.1, 0.15) is 35.6 Å². The van der Waals surface area contributed by atoms with Crippen molar-refractivity contribution in [3.05, 3.63) is 83.7 Å². The van der Waals surface area contributed by atoms with Crippen molar-refractivity contribution in [2.45, 2.75) is 6.61 Å². The Bertz CT molecular complexity index is 1040. The Balaban J connectivity index is 1.68. The fourth-order valence-electron chi connectivity index (χ4n) is 2.75. The van der Waals surface area contributed by atoms with Crippen molar-refractivity contribution >= 4 is 11.0 Å². The van der Waals surface area contributed by atoms with E-state index in [2.05, 4.69) is 9.97 Å². The summed E-state index contributed by atoms with van der Waals surface area (Å²) >= 11 is 0. The summed E-state index contributed by atoms with van der Waals surface area (Å²) in [5, 5.41) is 0. The second kappa shape index (κ2) is 6.55. The largest absolute Gasteiger partial charge is 0.488 e. The van der Waals surface area contributed by atoms with Crippen molar-refractivity contribution in [2.24, 2.45) is 0 Å². The summed E-state index contributed by atoms with van der Waals surface area (Å²) in [6.45, 7) is -0.106. The number of ether oxygens (including phenoxy) is 1.